The molecule has 4 heteroatoms. The number of hydrogen-bond acceptors (Lipinski definition) is 2. The number of pyridine rings is 1. The first-order valence-corrected chi connectivity index (χ1v) is 6.56. The van der Waals surface area contributed by atoms with Crippen LogP contribution in [-0.2, 0) is 0 Å². The highest BCUT2D eigenvalue weighted by atomic mass is 19.1. The fourth-order valence-electron chi connectivity index (χ4n) is 2.21. The van der Waals surface area contributed by atoms with Gasteiger partial charge in [0.1, 0.15) is 5.82 Å². The Morgan fingerprint density at radius 3 is 2.81 bits per heavy atom. The molecule has 104 valence electrons. The Kier molecular flexibility index (Phi) is 3.36. The smallest absolute Gasteiger partial charge is 0.256 e. The van der Waals surface area contributed by atoms with Gasteiger partial charge in [-0.3, -0.25) is 9.78 Å². The van der Waals surface area contributed by atoms with Crippen LogP contribution in [0.3, 0.4) is 0 Å². The van der Waals surface area contributed by atoms with Crippen molar-refractivity contribution in [1.29, 1.82) is 0 Å². The fraction of sp³-hybridized carbons (Fsp3) is 0.0588. The predicted molar refractivity (Wildman–Crippen MR) is 80.8 cm³/mol. The highest BCUT2D eigenvalue weighted by molar-refractivity contribution is 6.12. The number of aromatic nitrogens is 1. The number of nitrogens with zero attached hydrogens (tertiary/aromatic N) is 1. The molecule has 0 bridgehead atoms. The van der Waals surface area contributed by atoms with Gasteiger partial charge in [-0.25, -0.2) is 4.39 Å². The van der Waals surface area contributed by atoms with Crippen molar-refractivity contribution in [1.82, 2.24) is 4.98 Å². The van der Waals surface area contributed by atoms with Crippen LogP contribution in [0.2, 0.25) is 0 Å². The molecule has 0 unspecified atom stereocenters. The Balaban J connectivity index is 1.99. The van der Waals surface area contributed by atoms with Gasteiger partial charge >= 0.3 is 0 Å². The Hall–Kier alpha value is -2.75. The second-order valence-electron chi connectivity index (χ2n) is 4.79. The molecule has 3 aromatic rings. The van der Waals surface area contributed by atoms with Crippen molar-refractivity contribution in [2.45, 2.75) is 6.92 Å². The number of nitrogens with one attached hydrogen (secondary N) is 1. The fourth-order valence-corrected chi connectivity index (χ4v) is 2.21. The number of amides is 1. The number of hydrogen-bond donors (Lipinski definition) is 1. The molecule has 0 spiro atoms. The lowest BCUT2D eigenvalue weighted by Crippen LogP contribution is -2.13. The summed E-state index contributed by atoms with van der Waals surface area (Å²) in [4.78, 5) is 16.7. The standard InChI is InChI=1S/C17H13FN2O/c1-11-6-7-12(18)10-16(11)20-17(21)14-8-9-19-15-5-3-2-4-13(14)15/h2-10H,1H3,(H,20,21). The third kappa shape index (κ3) is 2.60. The molecule has 3 nitrogen and oxygen atoms in total. The van der Waals surface area contributed by atoms with Gasteiger partial charge in [-0.05, 0) is 36.8 Å². The molecule has 0 atom stereocenters. The number of para-hydroxylation sites is 1. The third-order valence-corrected chi connectivity index (χ3v) is 3.34. The molecular weight excluding hydrogens is 267 g/mol. The molecule has 1 heterocycles. The molecule has 2 aromatic carbocycles. The molecule has 0 aliphatic rings. The number of halogens is 1. The van der Waals surface area contributed by atoms with Gasteiger partial charge in [-0.2, -0.15) is 0 Å². The molecule has 0 aliphatic carbocycles. The Labute approximate surface area is 121 Å². The van der Waals surface area contributed by atoms with Crippen molar-refractivity contribution < 1.29 is 9.18 Å². The van der Waals surface area contributed by atoms with E-state index in [-0.39, 0.29) is 11.7 Å². The first-order chi connectivity index (χ1) is 10.1. The first-order valence-electron chi connectivity index (χ1n) is 6.56. The average Bonchev–Trinajstić information content (AvgIpc) is 2.50. The highest BCUT2D eigenvalue weighted by Gasteiger charge is 2.12. The normalized spacial score (nSPS) is 10.6. The number of carbonyl (C=O) groups is 1. The molecule has 21 heavy (non-hydrogen) atoms. The van der Waals surface area contributed by atoms with Crippen LogP contribution in [0.1, 0.15) is 15.9 Å². The van der Waals surface area contributed by atoms with E-state index in [0.717, 1.165) is 16.5 Å². The van der Waals surface area contributed by atoms with E-state index in [9.17, 15) is 9.18 Å². The summed E-state index contributed by atoms with van der Waals surface area (Å²) in [6.45, 7) is 1.82. The minimum atomic E-state index is -0.379. The maximum atomic E-state index is 13.3. The lowest BCUT2D eigenvalue weighted by molar-refractivity contribution is 0.102. The second-order valence-corrected chi connectivity index (χ2v) is 4.79. The lowest BCUT2D eigenvalue weighted by Gasteiger charge is -2.10. The van der Waals surface area contributed by atoms with Gasteiger partial charge in [0.25, 0.3) is 5.91 Å². The molecule has 0 saturated carbocycles. The summed E-state index contributed by atoms with van der Waals surface area (Å²) < 4.78 is 13.3. The van der Waals surface area contributed by atoms with E-state index in [2.05, 4.69) is 10.3 Å². The van der Waals surface area contributed by atoms with E-state index in [1.807, 2.05) is 31.2 Å². The summed E-state index contributed by atoms with van der Waals surface area (Å²) in [5.74, 6) is -0.655. The van der Waals surface area contributed by atoms with E-state index in [0.29, 0.717) is 11.3 Å². The third-order valence-electron chi connectivity index (χ3n) is 3.34. The summed E-state index contributed by atoms with van der Waals surface area (Å²) >= 11 is 0. The van der Waals surface area contributed by atoms with Crippen molar-refractivity contribution in [2.75, 3.05) is 5.32 Å². The van der Waals surface area contributed by atoms with Crippen molar-refractivity contribution in [3.05, 3.63) is 71.7 Å². The molecule has 0 aliphatic heterocycles. The SMILES string of the molecule is Cc1ccc(F)cc1NC(=O)c1ccnc2ccccc12. The molecule has 0 radical (unpaired) electrons. The zero-order chi connectivity index (χ0) is 14.8. The van der Waals surface area contributed by atoms with Crippen LogP contribution < -0.4 is 5.32 Å². The zero-order valence-corrected chi connectivity index (χ0v) is 11.4. The Morgan fingerprint density at radius 2 is 1.95 bits per heavy atom. The van der Waals surface area contributed by atoms with Crippen LogP contribution in [0.4, 0.5) is 10.1 Å². The van der Waals surface area contributed by atoms with Gasteiger partial charge in [0, 0.05) is 17.3 Å². The van der Waals surface area contributed by atoms with Gasteiger partial charge in [-0.15, -0.1) is 0 Å². The Bertz CT molecular complexity index is 825. The van der Waals surface area contributed by atoms with Crippen molar-refractivity contribution in [3.8, 4) is 0 Å². The van der Waals surface area contributed by atoms with E-state index in [4.69, 9.17) is 0 Å². The predicted octanol–water partition coefficient (Wildman–Crippen LogP) is 3.93. The van der Waals surface area contributed by atoms with Gasteiger partial charge in [-0.1, -0.05) is 24.3 Å². The summed E-state index contributed by atoms with van der Waals surface area (Å²) in [6, 6.07) is 13.4. The largest absolute Gasteiger partial charge is 0.322 e. The number of rotatable bonds is 2. The molecule has 0 saturated heterocycles. The Morgan fingerprint density at radius 1 is 1.14 bits per heavy atom. The summed E-state index contributed by atoms with van der Waals surface area (Å²) in [5.41, 5.74) is 2.55. The average molecular weight is 280 g/mol. The van der Waals surface area contributed by atoms with Crippen LogP contribution in [-0.4, -0.2) is 10.9 Å². The second kappa shape index (κ2) is 5.32. The number of carbonyl (C=O) groups excluding carboxylic acids is 1. The minimum absolute atomic E-state index is 0.276. The van der Waals surface area contributed by atoms with Gasteiger partial charge in [0.05, 0.1) is 11.1 Å². The highest BCUT2D eigenvalue weighted by Crippen LogP contribution is 2.20. The monoisotopic (exact) mass is 280 g/mol. The lowest BCUT2D eigenvalue weighted by atomic mass is 10.1. The van der Waals surface area contributed by atoms with E-state index < -0.39 is 0 Å². The van der Waals surface area contributed by atoms with Gasteiger partial charge < -0.3 is 5.32 Å². The number of benzene rings is 2. The van der Waals surface area contributed by atoms with E-state index in [1.54, 1.807) is 18.3 Å². The summed E-state index contributed by atoms with van der Waals surface area (Å²) in [7, 11) is 0. The molecule has 0 fully saturated rings. The number of anilines is 1. The first kappa shape index (κ1) is 13.2. The van der Waals surface area contributed by atoms with Crippen LogP contribution in [0, 0.1) is 12.7 Å². The summed E-state index contributed by atoms with van der Waals surface area (Å²) in [5, 5.41) is 3.52. The maximum Gasteiger partial charge on any atom is 0.256 e. The van der Waals surface area contributed by atoms with E-state index >= 15 is 0 Å². The van der Waals surface area contributed by atoms with E-state index in [1.165, 1.54) is 12.1 Å². The molecule has 3 rings (SSSR count). The molecule has 1 aromatic heterocycles. The van der Waals surface area contributed by atoms with Crippen LogP contribution in [0.5, 0.6) is 0 Å². The zero-order valence-electron chi connectivity index (χ0n) is 11.4. The van der Waals surface area contributed by atoms with Gasteiger partial charge in [0.15, 0.2) is 0 Å². The van der Waals surface area contributed by atoms with Crippen molar-refractivity contribution in [3.63, 3.8) is 0 Å². The summed E-state index contributed by atoms with van der Waals surface area (Å²) in [6.07, 6.45) is 1.59. The minimum Gasteiger partial charge on any atom is -0.322 e. The topological polar surface area (TPSA) is 42.0 Å². The quantitative estimate of drug-likeness (QED) is 0.772. The van der Waals surface area contributed by atoms with Crippen molar-refractivity contribution >= 4 is 22.5 Å². The number of fused-ring (bicyclic) bond motifs is 1. The molecular formula is C17H13FN2O. The number of aryl methyl sites for hydroxylation is 1. The van der Waals surface area contributed by atoms with Crippen LogP contribution >= 0.6 is 0 Å². The van der Waals surface area contributed by atoms with Crippen LogP contribution in [0.15, 0.2) is 54.7 Å². The van der Waals surface area contributed by atoms with Crippen molar-refractivity contribution in [2.24, 2.45) is 0 Å². The maximum absolute atomic E-state index is 13.3. The molecule has 1 N–H and O–H groups in total. The van der Waals surface area contributed by atoms with Crippen LogP contribution in [0.25, 0.3) is 10.9 Å². The molecule has 1 amide bonds. The van der Waals surface area contributed by atoms with Gasteiger partial charge in [0.2, 0.25) is 0 Å².